The Labute approximate surface area is 197 Å². The molecule has 0 fully saturated rings. The molecule has 3 nitrogen and oxygen atoms in total. The zero-order valence-corrected chi connectivity index (χ0v) is 19.2. The summed E-state index contributed by atoms with van der Waals surface area (Å²) in [4.78, 5) is 0. The second kappa shape index (κ2) is 11.0. The summed E-state index contributed by atoms with van der Waals surface area (Å²) in [5.41, 5.74) is 4.78. The number of ether oxygens (including phenoxy) is 2. The van der Waals surface area contributed by atoms with Crippen molar-refractivity contribution in [1.82, 2.24) is 0 Å². The van der Waals surface area contributed by atoms with Crippen LogP contribution >= 0.6 is 15.9 Å². The predicted molar refractivity (Wildman–Crippen MR) is 132 cm³/mol. The molecule has 32 heavy (non-hydrogen) atoms. The zero-order chi connectivity index (χ0) is 22.2. The van der Waals surface area contributed by atoms with Gasteiger partial charge in [-0.2, -0.15) is 0 Å². The summed E-state index contributed by atoms with van der Waals surface area (Å²) in [6, 6.07) is 33.9. The first-order valence-electron chi connectivity index (χ1n) is 10.6. The molecule has 4 rings (SSSR count). The van der Waals surface area contributed by atoms with Crippen molar-refractivity contribution in [1.29, 1.82) is 0 Å². The van der Waals surface area contributed by atoms with Gasteiger partial charge in [-0.25, -0.2) is 0 Å². The highest BCUT2D eigenvalue weighted by Crippen LogP contribution is 2.41. The Kier molecular flexibility index (Phi) is 7.59. The minimum atomic E-state index is -0.704. The first-order valence-corrected chi connectivity index (χ1v) is 11.7. The lowest BCUT2D eigenvalue weighted by Gasteiger charge is -2.21. The van der Waals surface area contributed by atoms with Crippen molar-refractivity contribution < 1.29 is 14.6 Å². The SMILES string of the molecule is OC(CBr)c1cc(OCc2ccccc2)cc(OCc2ccccc2)c1-c1ccccc1. The van der Waals surface area contributed by atoms with Crippen LogP contribution in [0.3, 0.4) is 0 Å². The van der Waals surface area contributed by atoms with Crippen molar-refractivity contribution in [2.75, 3.05) is 5.33 Å². The van der Waals surface area contributed by atoms with Gasteiger partial charge in [0.25, 0.3) is 0 Å². The summed E-state index contributed by atoms with van der Waals surface area (Å²) in [5, 5.41) is 11.2. The monoisotopic (exact) mass is 488 g/mol. The Hall–Kier alpha value is -3.08. The van der Waals surface area contributed by atoms with Gasteiger partial charge in [0.1, 0.15) is 24.7 Å². The summed E-state index contributed by atoms with van der Waals surface area (Å²) in [6.45, 7) is 0.861. The fourth-order valence-corrected chi connectivity index (χ4v) is 3.89. The molecule has 1 N–H and O–H groups in total. The van der Waals surface area contributed by atoms with E-state index in [1.165, 1.54) is 0 Å². The van der Waals surface area contributed by atoms with Crippen molar-refractivity contribution in [3.05, 3.63) is 120 Å². The number of hydrogen-bond acceptors (Lipinski definition) is 3. The lowest BCUT2D eigenvalue weighted by molar-refractivity contribution is 0.204. The molecule has 0 aliphatic carbocycles. The van der Waals surface area contributed by atoms with E-state index in [1.54, 1.807) is 0 Å². The first kappa shape index (κ1) is 22.1. The van der Waals surface area contributed by atoms with Crippen molar-refractivity contribution in [3.8, 4) is 22.6 Å². The molecule has 0 saturated carbocycles. The number of halogens is 1. The van der Waals surface area contributed by atoms with Gasteiger partial charge >= 0.3 is 0 Å². The molecular weight excluding hydrogens is 464 g/mol. The number of hydrogen-bond donors (Lipinski definition) is 1. The van der Waals surface area contributed by atoms with Crippen LogP contribution in [0.1, 0.15) is 22.8 Å². The van der Waals surface area contributed by atoms with E-state index < -0.39 is 6.10 Å². The van der Waals surface area contributed by atoms with Crippen molar-refractivity contribution in [2.24, 2.45) is 0 Å². The zero-order valence-electron chi connectivity index (χ0n) is 17.7. The molecule has 0 saturated heterocycles. The summed E-state index contributed by atoms with van der Waals surface area (Å²) < 4.78 is 12.4. The quantitative estimate of drug-likeness (QED) is 0.259. The van der Waals surface area contributed by atoms with E-state index >= 15 is 0 Å². The third-order valence-electron chi connectivity index (χ3n) is 5.16. The van der Waals surface area contributed by atoms with Gasteiger partial charge in [-0.05, 0) is 28.3 Å². The molecule has 0 aromatic heterocycles. The molecule has 4 heteroatoms. The normalized spacial score (nSPS) is 11.7. The largest absolute Gasteiger partial charge is 0.489 e. The van der Waals surface area contributed by atoms with Gasteiger partial charge in [0, 0.05) is 17.0 Å². The van der Waals surface area contributed by atoms with E-state index in [1.807, 2.05) is 103 Å². The molecule has 0 aliphatic heterocycles. The van der Waals surface area contributed by atoms with Gasteiger partial charge in [0.2, 0.25) is 0 Å². The van der Waals surface area contributed by atoms with E-state index in [4.69, 9.17) is 9.47 Å². The fraction of sp³-hybridized carbons (Fsp3) is 0.143. The summed E-state index contributed by atoms with van der Waals surface area (Å²) in [7, 11) is 0. The Morgan fingerprint density at radius 2 is 1.22 bits per heavy atom. The molecule has 1 unspecified atom stereocenters. The molecule has 0 bridgehead atoms. The van der Waals surface area contributed by atoms with Crippen LogP contribution in [0.5, 0.6) is 11.5 Å². The third kappa shape index (κ3) is 5.58. The van der Waals surface area contributed by atoms with Gasteiger partial charge in [0.05, 0.1) is 6.10 Å². The molecule has 0 aliphatic rings. The second-order valence-electron chi connectivity index (χ2n) is 7.47. The van der Waals surface area contributed by atoms with Crippen LogP contribution in [0.15, 0.2) is 103 Å². The average Bonchev–Trinajstić information content (AvgIpc) is 2.87. The molecule has 0 spiro atoms. The number of benzene rings is 4. The number of rotatable bonds is 9. The van der Waals surface area contributed by atoms with E-state index in [-0.39, 0.29) is 0 Å². The van der Waals surface area contributed by atoms with Crippen LogP contribution in [0, 0.1) is 0 Å². The van der Waals surface area contributed by atoms with Crippen LogP contribution < -0.4 is 9.47 Å². The summed E-state index contributed by atoms with van der Waals surface area (Å²) in [6.07, 6.45) is -0.704. The van der Waals surface area contributed by atoms with Crippen LogP contribution in [-0.4, -0.2) is 10.4 Å². The van der Waals surface area contributed by atoms with Crippen molar-refractivity contribution in [3.63, 3.8) is 0 Å². The standard InChI is InChI=1S/C28H25BrO3/c29-18-26(30)25-16-24(31-19-21-10-4-1-5-11-21)17-27(28(25)23-14-8-3-9-15-23)32-20-22-12-6-2-7-13-22/h1-17,26,30H,18-20H2. The molecule has 162 valence electrons. The number of aliphatic hydroxyl groups is 1. The van der Waals surface area contributed by atoms with E-state index in [0.717, 1.165) is 27.8 Å². The smallest absolute Gasteiger partial charge is 0.131 e. The van der Waals surface area contributed by atoms with Crippen molar-refractivity contribution >= 4 is 15.9 Å². The molecule has 1 atom stereocenters. The van der Waals surface area contributed by atoms with E-state index in [9.17, 15) is 5.11 Å². The minimum Gasteiger partial charge on any atom is -0.489 e. The summed E-state index contributed by atoms with van der Waals surface area (Å²) in [5.74, 6) is 1.34. The lowest BCUT2D eigenvalue weighted by atomic mass is 9.95. The van der Waals surface area contributed by atoms with E-state index in [2.05, 4.69) is 15.9 Å². The lowest BCUT2D eigenvalue weighted by Crippen LogP contribution is -2.06. The number of aliphatic hydroxyl groups excluding tert-OH is 1. The third-order valence-corrected chi connectivity index (χ3v) is 5.77. The maximum absolute atomic E-state index is 10.8. The first-order chi connectivity index (χ1) is 15.7. The maximum Gasteiger partial charge on any atom is 0.131 e. The van der Waals surface area contributed by atoms with Crippen LogP contribution in [0.2, 0.25) is 0 Å². The van der Waals surface area contributed by atoms with Crippen LogP contribution in [-0.2, 0) is 13.2 Å². The molecule has 0 heterocycles. The highest BCUT2D eigenvalue weighted by atomic mass is 79.9. The van der Waals surface area contributed by atoms with Gasteiger partial charge in [0.15, 0.2) is 0 Å². The molecule has 4 aromatic carbocycles. The van der Waals surface area contributed by atoms with Gasteiger partial charge in [-0.15, -0.1) is 0 Å². The van der Waals surface area contributed by atoms with Crippen molar-refractivity contribution in [2.45, 2.75) is 19.3 Å². The van der Waals surface area contributed by atoms with Gasteiger partial charge < -0.3 is 14.6 Å². The topological polar surface area (TPSA) is 38.7 Å². The Balaban J connectivity index is 1.73. The molecule has 4 aromatic rings. The van der Waals surface area contributed by atoms with Crippen LogP contribution in [0.4, 0.5) is 0 Å². The highest BCUT2D eigenvalue weighted by molar-refractivity contribution is 9.09. The Morgan fingerprint density at radius 1 is 0.688 bits per heavy atom. The summed E-state index contributed by atoms with van der Waals surface area (Å²) >= 11 is 3.43. The minimum absolute atomic E-state index is 0.410. The van der Waals surface area contributed by atoms with Crippen LogP contribution in [0.25, 0.3) is 11.1 Å². The maximum atomic E-state index is 10.8. The Morgan fingerprint density at radius 3 is 1.78 bits per heavy atom. The number of alkyl halides is 1. The molecule has 0 radical (unpaired) electrons. The molecule has 0 amide bonds. The highest BCUT2D eigenvalue weighted by Gasteiger charge is 2.20. The average molecular weight is 489 g/mol. The Bertz CT molecular complexity index is 1120. The van der Waals surface area contributed by atoms with E-state index in [0.29, 0.717) is 30.0 Å². The predicted octanol–water partition coefficient (Wildman–Crippen LogP) is 6.94. The van der Waals surface area contributed by atoms with Gasteiger partial charge in [-0.1, -0.05) is 107 Å². The van der Waals surface area contributed by atoms with Gasteiger partial charge in [-0.3, -0.25) is 0 Å². The fourth-order valence-electron chi connectivity index (χ4n) is 3.54. The second-order valence-corrected chi connectivity index (χ2v) is 8.12. The molecular formula is C28H25BrO3.